The van der Waals surface area contributed by atoms with Crippen LogP contribution in [0.3, 0.4) is 0 Å². The van der Waals surface area contributed by atoms with Crippen molar-refractivity contribution in [3.05, 3.63) is 23.2 Å². The lowest BCUT2D eigenvalue weighted by Crippen LogP contribution is -2.16. The fourth-order valence-corrected chi connectivity index (χ4v) is 0.890. The molecule has 0 spiro atoms. The Hall–Kier alpha value is -1.99. The van der Waals surface area contributed by atoms with Gasteiger partial charge in [-0.2, -0.15) is 13.2 Å². The van der Waals surface area contributed by atoms with E-state index < -0.39 is 35.1 Å². The van der Waals surface area contributed by atoms with Crippen LogP contribution in [0.4, 0.5) is 13.2 Å². The van der Waals surface area contributed by atoms with Crippen molar-refractivity contribution >= 4 is 11.9 Å². The average molecular weight is 223 g/mol. The van der Waals surface area contributed by atoms with E-state index in [1.54, 1.807) is 0 Å². The molecule has 0 saturated carbocycles. The second kappa shape index (κ2) is 3.30. The van der Waals surface area contributed by atoms with Gasteiger partial charge in [-0.1, -0.05) is 0 Å². The number of nitrogens with two attached hydrogens (primary N) is 1. The van der Waals surface area contributed by atoms with Gasteiger partial charge in [-0.15, -0.1) is 0 Å². The Balaban J connectivity index is 3.37. The van der Waals surface area contributed by atoms with E-state index in [0.29, 0.717) is 6.07 Å². The van der Waals surface area contributed by atoms with Crippen LogP contribution in [-0.2, 0) is 6.18 Å². The zero-order chi connectivity index (χ0) is 11.8. The molecule has 0 aromatic carbocycles. The predicted molar refractivity (Wildman–Crippen MR) is 39.2 cm³/mol. The summed E-state index contributed by atoms with van der Waals surface area (Å²) in [7, 11) is 0. The molecule has 0 unspecified atom stereocenters. The van der Waals surface area contributed by atoms with E-state index >= 15 is 0 Å². The number of aromatic carboxylic acids is 1. The first-order valence-electron chi connectivity index (χ1n) is 3.47. The molecule has 0 aliphatic carbocycles. The molecule has 5 nitrogen and oxygen atoms in total. The fraction of sp³-hybridized carbons (Fsp3) is 0.143. The molecule has 0 saturated heterocycles. The van der Waals surface area contributed by atoms with Crippen LogP contribution in [0.25, 0.3) is 0 Å². The summed E-state index contributed by atoms with van der Waals surface area (Å²) < 4.78 is 40.5. The largest absolute Gasteiger partial charge is 0.475 e. The molecule has 0 bridgehead atoms. The molecular formula is C7H4F3NO4. The van der Waals surface area contributed by atoms with Gasteiger partial charge < -0.3 is 15.3 Å². The molecule has 0 aliphatic rings. The fourth-order valence-electron chi connectivity index (χ4n) is 0.890. The number of carbonyl (C=O) groups excluding carboxylic acids is 1. The van der Waals surface area contributed by atoms with Crippen LogP contribution in [0.1, 0.15) is 26.7 Å². The van der Waals surface area contributed by atoms with Gasteiger partial charge in [-0.25, -0.2) is 4.79 Å². The van der Waals surface area contributed by atoms with Gasteiger partial charge >= 0.3 is 12.1 Å². The molecule has 0 radical (unpaired) electrons. The maximum Gasteiger partial charge on any atom is 0.450 e. The molecule has 0 fully saturated rings. The first kappa shape index (κ1) is 11.1. The summed E-state index contributed by atoms with van der Waals surface area (Å²) in [4.78, 5) is 20.9. The third kappa shape index (κ3) is 2.09. The minimum Gasteiger partial charge on any atom is -0.475 e. The van der Waals surface area contributed by atoms with Crippen LogP contribution in [0.5, 0.6) is 0 Å². The van der Waals surface area contributed by atoms with Crippen molar-refractivity contribution in [3.8, 4) is 0 Å². The van der Waals surface area contributed by atoms with E-state index in [-0.39, 0.29) is 0 Å². The molecule has 1 aromatic heterocycles. The summed E-state index contributed by atoms with van der Waals surface area (Å²) in [5.74, 6) is -5.81. The predicted octanol–water partition coefficient (Wildman–Crippen LogP) is 1.10. The van der Waals surface area contributed by atoms with Crippen LogP contribution in [0.2, 0.25) is 0 Å². The normalized spacial score (nSPS) is 11.4. The number of halogens is 3. The average Bonchev–Trinajstić information content (AvgIpc) is 2.45. The second-order valence-corrected chi connectivity index (χ2v) is 2.52. The van der Waals surface area contributed by atoms with Gasteiger partial charge in [0.1, 0.15) is 0 Å². The Kier molecular flexibility index (Phi) is 2.44. The van der Waals surface area contributed by atoms with Crippen molar-refractivity contribution in [2.24, 2.45) is 5.73 Å². The lowest BCUT2D eigenvalue weighted by atomic mass is 10.2. The van der Waals surface area contributed by atoms with Crippen molar-refractivity contribution < 1.29 is 32.3 Å². The van der Waals surface area contributed by atoms with Gasteiger partial charge in [0.2, 0.25) is 11.5 Å². The highest BCUT2D eigenvalue weighted by molar-refractivity contribution is 5.96. The van der Waals surface area contributed by atoms with Crippen LogP contribution in [0, 0.1) is 0 Å². The van der Waals surface area contributed by atoms with Gasteiger partial charge in [0, 0.05) is 6.07 Å². The van der Waals surface area contributed by atoms with Crippen LogP contribution < -0.4 is 5.73 Å². The topological polar surface area (TPSA) is 93.5 Å². The molecule has 8 heteroatoms. The standard InChI is InChI=1S/C7H4F3NO4/c8-7(9,10)4-2(5(11)12)1-3(15-4)6(13)14/h1H,(H2,11,12)(H,13,14). The van der Waals surface area contributed by atoms with Gasteiger partial charge in [-0.3, -0.25) is 4.79 Å². The van der Waals surface area contributed by atoms with Crippen LogP contribution in [-0.4, -0.2) is 17.0 Å². The summed E-state index contributed by atoms with van der Waals surface area (Å²) in [6.45, 7) is 0. The van der Waals surface area contributed by atoms with Crippen LogP contribution in [0.15, 0.2) is 10.5 Å². The van der Waals surface area contributed by atoms with E-state index in [4.69, 9.17) is 5.11 Å². The number of rotatable bonds is 2. The summed E-state index contributed by atoms with van der Waals surface area (Å²) in [5.41, 5.74) is 3.63. The highest BCUT2D eigenvalue weighted by Gasteiger charge is 2.40. The van der Waals surface area contributed by atoms with Gasteiger partial charge in [0.15, 0.2) is 0 Å². The Morgan fingerprint density at radius 3 is 2.20 bits per heavy atom. The van der Waals surface area contributed by atoms with Gasteiger partial charge in [0.25, 0.3) is 5.91 Å². The number of carboxylic acid groups (broad SMARTS) is 1. The van der Waals surface area contributed by atoms with E-state index in [2.05, 4.69) is 10.2 Å². The molecule has 1 rings (SSSR count). The number of carboxylic acids is 1. The third-order valence-electron chi connectivity index (χ3n) is 1.47. The van der Waals surface area contributed by atoms with E-state index in [9.17, 15) is 22.8 Å². The quantitative estimate of drug-likeness (QED) is 0.784. The van der Waals surface area contributed by atoms with E-state index in [1.165, 1.54) is 0 Å². The number of primary amides is 1. The lowest BCUT2D eigenvalue weighted by Gasteiger charge is -2.02. The van der Waals surface area contributed by atoms with Crippen molar-refractivity contribution in [3.63, 3.8) is 0 Å². The SMILES string of the molecule is NC(=O)c1cc(C(=O)O)oc1C(F)(F)F. The Morgan fingerprint density at radius 2 is 1.93 bits per heavy atom. The summed E-state index contributed by atoms with van der Waals surface area (Å²) in [6.07, 6.45) is -4.96. The number of furan rings is 1. The summed E-state index contributed by atoms with van der Waals surface area (Å²) in [6, 6.07) is 0.438. The Morgan fingerprint density at radius 1 is 1.40 bits per heavy atom. The second-order valence-electron chi connectivity index (χ2n) is 2.52. The van der Waals surface area contributed by atoms with E-state index in [1.807, 2.05) is 0 Å². The Bertz CT molecular complexity index is 420. The van der Waals surface area contributed by atoms with Crippen molar-refractivity contribution in [2.75, 3.05) is 0 Å². The number of amides is 1. The van der Waals surface area contributed by atoms with Gasteiger partial charge in [0.05, 0.1) is 5.56 Å². The first-order chi connectivity index (χ1) is 6.73. The van der Waals surface area contributed by atoms with Crippen molar-refractivity contribution in [1.29, 1.82) is 0 Å². The third-order valence-corrected chi connectivity index (χ3v) is 1.47. The molecule has 1 amide bonds. The maximum absolute atomic E-state index is 12.2. The highest BCUT2D eigenvalue weighted by atomic mass is 19.4. The number of hydrogen-bond acceptors (Lipinski definition) is 3. The molecular weight excluding hydrogens is 219 g/mol. The zero-order valence-corrected chi connectivity index (χ0v) is 6.96. The molecule has 0 aliphatic heterocycles. The minimum absolute atomic E-state index is 0.438. The highest BCUT2D eigenvalue weighted by Crippen LogP contribution is 2.33. The first-order valence-corrected chi connectivity index (χ1v) is 3.47. The molecule has 3 N–H and O–H groups in total. The number of carbonyl (C=O) groups is 2. The molecule has 15 heavy (non-hydrogen) atoms. The number of alkyl halides is 3. The summed E-state index contributed by atoms with van der Waals surface area (Å²) in [5, 5.41) is 8.36. The van der Waals surface area contributed by atoms with Crippen LogP contribution >= 0.6 is 0 Å². The van der Waals surface area contributed by atoms with Crippen molar-refractivity contribution in [1.82, 2.24) is 0 Å². The van der Waals surface area contributed by atoms with Crippen molar-refractivity contribution in [2.45, 2.75) is 6.18 Å². The Labute approximate surface area is 80.3 Å². The summed E-state index contributed by atoms with van der Waals surface area (Å²) >= 11 is 0. The lowest BCUT2D eigenvalue weighted by molar-refractivity contribution is -0.153. The molecule has 0 atom stereocenters. The molecule has 82 valence electrons. The smallest absolute Gasteiger partial charge is 0.450 e. The monoisotopic (exact) mass is 223 g/mol. The van der Waals surface area contributed by atoms with Gasteiger partial charge in [-0.05, 0) is 0 Å². The maximum atomic E-state index is 12.2. The number of hydrogen-bond donors (Lipinski definition) is 2. The molecule has 1 aromatic rings. The van der Waals surface area contributed by atoms with E-state index in [0.717, 1.165) is 0 Å². The zero-order valence-electron chi connectivity index (χ0n) is 6.96. The molecule has 1 heterocycles. The minimum atomic E-state index is -4.96.